The van der Waals surface area contributed by atoms with Crippen LogP contribution in [0, 0.1) is 0 Å². The minimum absolute atomic E-state index is 0.0861. The number of esters is 1. The molecule has 218 valence electrons. The van der Waals surface area contributed by atoms with Crippen LogP contribution in [0.2, 0.25) is 0 Å². The van der Waals surface area contributed by atoms with Crippen molar-refractivity contribution in [2.45, 2.75) is 91.0 Å². The molecule has 2 atom stereocenters. The zero-order valence-electron chi connectivity index (χ0n) is 23.8. The van der Waals surface area contributed by atoms with Crippen LogP contribution in [0.1, 0.15) is 79.3 Å². The summed E-state index contributed by atoms with van der Waals surface area (Å²) in [5.74, 6) is -3.11. The molecule has 5 N–H and O–H groups in total. The van der Waals surface area contributed by atoms with Crippen LogP contribution < -0.4 is 16.4 Å². The predicted molar refractivity (Wildman–Crippen MR) is 143 cm³/mol. The van der Waals surface area contributed by atoms with Crippen LogP contribution in [0.15, 0.2) is 24.3 Å². The third kappa shape index (κ3) is 10.5. The average Bonchev–Trinajstić information content (AvgIpc) is 2.80. The van der Waals surface area contributed by atoms with E-state index in [4.69, 9.17) is 15.2 Å². The maximum atomic E-state index is 14.1. The first-order valence-electron chi connectivity index (χ1n) is 12.9. The molecule has 0 saturated heterocycles. The zero-order valence-corrected chi connectivity index (χ0v) is 23.8. The van der Waals surface area contributed by atoms with Crippen molar-refractivity contribution in [2.75, 3.05) is 13.2 Å². The molecule has 12 nitrogen and oxygen atoms in total. The van der Waals surface area contributed by atoms with Gasteiger partial charge in [0.2, 0.25) is 17.7 Å². The third-order valence-electron chi connectivity index (χ3n) is 5.82. The van der Waals surface area contributed by atoms with Crippen LogP contribution in [-0.4, -0.2) is 70.1 Å². The Balaban J connectivity index is 3.58. The standard InChI is InChI=1S/C27H42N4O8/c1-8-27(6,7)31(24(36)18(16-20(28)33)30-25(37)39-26(3,4)5)22(17-12-10-11-13-19(17)32)23(35)29-15-14-21(34)38-9-2/h10-13,18,22,32H,8-9,14-16H2,1-7H3,(H2,28,33)(H,29,35)(H,30,37). The number of hydrogen-bond acceptors (Lipinski definition) is 8. The number of nitrogens with zero attached hydrogens (tertiary/aromatic N) is 1. The number of phenolic OH excluding ortho intramolecular Hbond substituents is 1. The maximum absolute atomic E-state index is 14.1. The van der Waals surface area contributed by atoms with Gasteiger partial charge in [0.05, 0.1) is 19.4 Å². The topological polar surface area (TPSA) is 177 Å². The summed E-state index contributed by atoms with van der Waals surface area (Å²) >= 11 is 0. The van der Waals surface area contributed by atoms with Crippen molar-refractivity contribution >= 4 is 29.8 Å². The number of carbonyl (C=O) groups is 5. The van der Waals surface area contributed by atoms with E-state index in [9.17, 15) is 29.1 Å². The first kappa shape index (κ1) is 33.2. The van der Waals surface area contributed by atoms with E-state index >= 15 is 0 Å². The molecule has 1 aromatic carbocycles. The SMILES string of the molecule is CCOC(=O)CCNC(=O)C(c1ccccc1O)N(C(=O)C(CC(N)=O)NC(=O)OC(C)(C)C)C(C)(C)CC. The summed E-state index contributed by atoms with van der Waals surface area (Å²) in [6, 6.07) is 3.15. The van der Waals surface area contributed by atoms with Gasteiger partial charge in [0, 0.05) is 17.6 Å². The second-order valence-electron chi connectivity index (χ2n) is 10.6. The van der Waals surface area contributed by atoms with Gasteiger partial charge in [-0.2, -0.15) is 0 Å². The van der Waals surface area contributed by atoms with Crippen molar-refractivity contribution < 1.29 is 38.6 Å². The fourth-order valence-corrected chi connectivity index (χ4v) is 3.70. The Kier molecular flexibility index (Phi) is 12.2. The summed E-state index contributed by atoms with van der Waals surface area (Å²) in [5, 5.41) is 15.7. The summed E-state index contributed by atoms with van der Waals surface area (Å²) in [7, 11) is 0. The fourth-order valence-electron chi connectivity index (χ4n) is 3.70. The number of rotatable bonds is 13. The molecule has 12 heteroatoms. The monoisotopic (exact) mass is 550 g/mol. The lowest BCUT2D eigenvalue weighted by atomic mass is 9.91. The van der Waals surface area contributed by atoms with Gasteiger partial charge in [-0.3, -0.25) is 19.2 Å². The second-order valence-corrected chi connectivity index (χ2v) is 10.6. The van der Waals surface area contributed by atoms with Crippen molar-refractivity contribution in [2.24, 2.45) is 5.73 Å². The van der Waals surface area contributed by atoms with Gasteiger partial charge in [-0.15, -0.1) is 0 Å². The summed E-state index contributed by atoms with van der Waals surface area (Å²) in [5.41, 5.74) is 3.60. The van der Waals surface area contributed by atoms with Gasteiger partial charge in [-0.1, -0.05) is 25.1 Å². The summed E-state index contributed by atoms with van der Waals surface area (Å²) in [6.07, 6.45) is -1.27. The molecule has 0 aliphatic carbocycles. The number of hydrogen-bond donors (Lipinski definition) is 4. The molecular formula is C27H42N4O8. The normalized spacial score (nSPS) is 13.0. The molecule has 0 saturated carbocycles. The minimum atomic E-state index is -1.47. The van der Waals surface area contributed by atoms with Gasteiger partial charge >= 0.3 is 12.1 Å². The molecule has 0 aliphatic heterocycles. The molecule has 39 heavy (non-hydrogen) atoms. The van der Waals surface area contributed by atoms with Gasteiger partial charge < -0.3 is 35.8 Å². The molecule has 1 rings (SSSR count). The molecule has 0 bridgehead atoms. The number of nitrogens with one attached hydrogen (secondary N) is 2. The number of nitrogens with two attached hydrogens (primary N) is 1. The second kappa shape index (κ2) is 14.4. The summed E-state index contributed by atoms with van der Waals surface area (Å²) in [6.45, 7) is 11.9. The van der Waals surface area contributed by atoms with Crippen molar-refractivity contribution in [3.05, 3.63) is 29.8 Å². The summed E-state index contributed by atoms with van der Waals surface area (Å²) in [4.78, 5) is 65.2. The van der Waals surface area contributed by atoms with E-state index in [2.05, 4.69) is 10.6 Å². The van der Waals surface area contributed by atoms with Crippen LogP contribution in [-0.2, 0) is 28.7 Å². The lowest BCUT2D eigenvalue weighted by Crippen LogP contribution is -2.60. The van der Waals surface area contributed by atoms with Crippen molar-refractivity contribution in [1.29, 1.82) is 0 Å². The molecule has 0 aromatic heterocycles. The molecule has 0 heterocycles. The van der Waals surface area contributed by atoms with Crippen molar-refractivity contribution in [1.82, 2.24) is 15.5 Å². The molecule has 0 aliphatic rings. The van der Waals surface area contributed by atoms with Gasteiger partial charge in [0.1, 0.15) is 23.4 Å². The van der Waals surface area contributed by atoms with E-state index < -0.39 is 59.4 Å². The quantitative estimate of drug-likeness (QED) is 0.270. The largest absolute Gasteiger partial charge is 0.508 e. The smallest absolute Gasteiger partial charge is 0.408 e. The Morgan fingerprint density at radius 2 is 1.67 bits per heavy atom. The van der Waals surface area contributed by atoms with Crippen LogP contribution in [0.4, 0.5) is 4.79 Å². The van der Waals surface area contributed by atoms with Gasteiger partial charge in [0.25, 0.3) is 0 Å². The number of aromatic hydroxyl groups is 1. The molecule has 0 spiro atoms. The molecule has 2 unspecified atom stereocenters. The number of carbonyl (C=O) groups excluding carboxylic acids is 5. The summed E-state index contributed by atoms with van der Waals surface area (Å²) < 4.78 is 10.2. The Morgan fingerprint density at radius 1 is 1.05 bits per heavy atom. The molecule has 4 amide bonds. The number of phenols is 1. The van der Waals surface area contributed by atoms with Gasteiger partial charge in [-0.25, -0.2) is 4.79 Å². The highest BCUT2D eigenvalue weighted by Gasteiger charge is 2.44. The Bertz CT molecular complexity index is 1030. The average molecular weight is 551 g/mol. The van der Waals surface area contributed by atoms with Crippen LogP contribution >= 0.6 is 0 Å². The highest BCUT2D eigenvalue weighted by atomic mass is 16.6. The molecule has 1 aromatic rings. The van der Waals surface area contributed by atoms with E-state index in [0.29, 0.717) is 6.42 Å². The Morgan fingerprint density at radius 3 is 2.18 bits per heavy atom. The van der Waals surface area contributed by atoms with E-state index in [0.717, 1.165) is 0 Å². The van der Waals surface area contributed by atoms with E-state index in [1.807, 2.05) is 0 Å². The Labute approximate surface area is 229 Å². The maximum Gasteiger partial charge on any atom is 0.408 e. The zero-order chi connectivity index (χ0) is 30.0. The van der Waals surface area contributed by atoms with E-state index in [-0.39, 0.29) is 30.9 Å². The van der Waals surface area contributed by atoms with Crippen LogP contribution in [0.3, 0.4) is 0 Å². The number of primary amides is 1. The van der Waals surface area contributed by atoms with Crippen LogP contribution in [0.5, 0.6) is 5.75 Å². The van der Waals surface area contributed by atoms with E-state index in [1.54, 1.807) is 60.6 Å². The van der Waals surface area contributed by atoms with Gasteiger partial charge in [-0.05, 0) is 54.0 Å². The number of ether oxygens (including phenoxy) is 2. The first-order valence-corrected chi connectivity index (χ1v) is 12.9. The minimum Gasteiger partial charge on any atom is -0.508 e. The van der Waals surface area contributed by atoms with E-state index in [1.165, 1.54) is 17.0 Å². The molecule has 0 fully saturated rings. The molecular weight excluding hydrogens is 508 g/mol. The number of para-hydroxylation sites is 1. The molecule has 0 radical (unpaired) electrons. The highest BCUT2D eigenvalue weighted by molar-refractivity contribution is 5.95. The number of benzene rings is 1. The van der Waals surface area contributed by atoms with Crippen molar-refractivity contribution in [3.8, 4) is 5.75 Å². The third-order valence-corrected chi connectivity index (χ3v) is 5.82. The Hall–Kier alpha value is -3.83. The lowest BCUT2D eigenvalue weighted by Gasteiger charge is -2.44. The highest BCUT2D eigenvalue weighted by Crippen LogP contribution is 2.36. The predicted octanol–water partition coefficient (Wildman–Crippen LogP) is 2.29. The van der Waals surface area contributed by atoms with Gasteiger partial charge in [0.15, 0.2) is 0 Å². The number of amides is 4. The number of alkyl carbamates (subject to hydrolysis) is 1. The van der Waals surface area contributed by atoms with Crippen LogP contribution in [0.25, 0.3) is 0 Å². The fraction of sp³-hybridized carbons (Fsp3) is 0.593. The lowest BCUT2D eigenvalue weighted by molar-refractivity contribution is -0.150. The first-order chi connectivity index (χ1) is 18.0. The van der Waals surface area contributed by atoms with Crippen molar-refractivity contribution in [3.63, 3.8) is 0 Å².